The van der Waals surface area contributed by atoms with Gasteiger partial charge in [-0.05, 0) is 46.0 Å². The number of nitrogens with zero attached hydrogens (tertiary/aromatic N) is 1. The molecule has 1 unspecified atom stereocenters. The van der Waals surface area contributed by atoms with Gasteiger partial charge in [-0.2, -0.15) is 0 Å². The van der Waals surface area contributed by atoms with E-state index in [0.717, 1.165) is 9.80 Å². The molecule has 0 spiro atoms. The van der Waals surface area contributed by atoms with E-state index in [2.05, 4.69) is 89.7 Å². The molecule has 0 saturated carbocycles. The molecule has 0 aliphatic rings. The summed E-state index contributed by atoms with van der Waals surface area (Å²) in [7, 11) is 2.16. The summed E-state index contributed by atoms with van der Waals surface area (Å²) >= 11 is 7.14. The molecule has 0 aliphatic heterocycles. The quantitative estimate of drug-likeness (QED) is 0.666. The molecular formula is C14H21Br2N. The van der Waals surface area contributed by atoms with Gasteiger partial charge in [0, 0.05) is 22.9 Å². The second kappa shape index (κ2) is 5.75. The van der Waals surface area contributed by atoms with E-state index in [4.69, 9.17) is 0 Å². The molecule has 1 aromatic rings. The molecule has 0 fully saturated rings. The molecular weight excluding hydrogens is 342 g/mol. The smallest absolute Gasteiger partial charge is 0.0510 e. The highest BCUT2D eigenvalue weighted by molar-refractivity contribution is 9.10. The van der Waals surface area contributed by atoms with Crippen LogP contribution in [0.1, 0.15) is 33.3 Å². The van der Waals surface area contributed by atoms with E-state index in [9.17, 15) is 0 Å². The fraction of sp³-hybridized carbons (Fsp3) is 0.571. The lowest BCUT2D eigenvalue weighted by molar-refractivity contribution is 0.329. The summed E-state index contributed by atoms with van der Waals surface area (Å²) in [6, 6.07) is 7.01. The van der Waals surface area contributed by atoms with Gasteiger partial charge in [0.1, 0.15) is 0 Å². The predicted molar refractivity (Wildman–Crippen MR) is 84.1 cm³/mol. The third-order valence-electron chi connectivity index (χ3n) is 3.38. The van der Waals surface area contributed by atoms with Gasteiger partial charge < -0.3 is 4.90 Å². The zero-order chi connectivity index (χ0) is 13.2. The van der Waals surface area contributed by atoms with Crippen LogP contribution in [-0.4, -0.2) is 13.1 Å². The lowest BCUT2D eigenvalue weighted by Crippen LogP contribution is -2.39. The Labute approximate surface area is 122 Å². The summed E-state index contributed by atoms with van der Waals surface area (Å²) in [4.78, 5) is 2.34. The van der Waals surface area contributed by atoms with E-state index in [1.54, 1.807) is 0 Å². The second-order valence-electron chi connectivity index (χ2n) is 5.57. The zero-order valence-corrected chi connectivity index (χ0v) is 14.4. The van der Waals surface area contributed by atoms with Crippen molar-refractivity contribution >= 4 is 37.5 Å². The van der Waals surface area contributed by atoms with Crippen LogP contribution < -0.4 is 4.90 Å². The molecule has 0 amide bonds. The minimum atomic E-state index is 0.266. The lowest BCUT2D eigenvalue weighted by Gasteiger charge is -2.37. The number of anilines is 1. The topological polar surface area (TPSA) is 3.24 Å². The van der Waals surface area contributed by atoms with Gasteiger partial charge >= 0.3 is 0 Å². The molecule has 0 bridgehead atoms. The van der Waals surface area contributed by atoms with Crippen molar-refractivity contribution in [2.24, 2.45) is 5.41 Å². The first-order valence-electron chi connectivity index (χ1n) is 5.84. The van der Waals surface area contributed by atoms with Crippen LogP contribution in [0.5, 0.6) is 0 Å². The first-order valence-corrected chi connectivity index (χ1v) is 7.76. The fourth-order valence-corrected chi connectivity index (χ4v) is 2.76. The Morgan fingerprint density at radius 3 is 2.29 bits per heavy atom. The molecule has 1 aromatic carbocycles. The van der Waals surface area contributed by atoms with Crippen LogP contribution in [0.2, 0.25) is 0 Å². The summed E-state index contributed by atoms with van der Waals surface area (Å²) in [6.45, 7) is 9.09. The Bertz CT molecular complexity index is 382. The van der Waals surface area contributed by atoms with Crippen LogP contribution in [0.3, 0.4) is 0 Å². The largest absolute Gasteiger partial charge is 0.370 e. The third kappa shape index (κ3) is 3.72. The Balaban J connectivity index is 3.01. The minimum absolute atomic E-state index is 0.266. The first kappa shape index (κ1) is 15.0. The number of benzene rings is 1. The van der Waals surface area contributed by atoms with Gasteiger partial charge in [-0.1, -0.05) is 42.8 Å². The van der Waals surface area contributed by atoms with Gasteiger partial charge in [0.15, 0.2) is 0 Å². The molecule has 1 atom stereocenters. The SMILES string of the molecule is CC(N(C)c1ccc(CBr)cc1Br)C(C)(C)C. The number of halogens is 2. The molecule has 96 valence electrons. The van der Waals surface area contributed by atoms with Crippen LogP contribution in [0, 0.1) is 5.41 Å². The number of rotatable bonds is 3. The van der Waals surface area contributed by atoms with Gasteiger partial charge in [0.25, 0.3) is 0 Å². The van der Waals surface area contributed by atoms with Crippen molar-refractivity contribution in [2.75, 3.05) is 11.9 Å². The van der Waals surface area contributed by atoms with Crippen molar-refractivity contribution in [1.82, 2.24) is 0 Å². The van der Waals surface area contributed by atoms with E-state index in [0.29, 0.717) is 6.04 Å². The predicted octanol–water partition coefficient (Wildman–Crippen LogP) is 5.21. The highest BCUT2D eigenvalue weighted by Gasteiger charge is 2.25. The maximum Gasteiger partial charge on any atom is 0.0510 e. The average Bonchev–Trinajstić information content (AvgIpc) is 2.25. The van der Waals surface area contributed by atoms with Crippen LogP contribution in [0.15, 0.2) is 22.7 Å². The normalized spacial score (nSPS) is 13.6. The third-order valence-corrected chi connectivity index (χ3v) is 4.66. The molecule has 3 heteroatoms. The minimum Gasteiger partial charge on any atom is -0.370 e. The Hall–Kier alpha value is -0.0200. The Kier molecular flexibility index (Phi) is 5.08. The molecule has 1 rings (SSSR count). The van der Waals surface area contributed by atoms with Gasteiger partial charge in [0.05, 0.1) is 5.69 Å². The summed E-state index contributed by atoms with van der Waals surface area (Å²) in [5, 5.41) is 0.893. The summed E-state index contributed by atoms with van der Waals surface area (Å²) in [5.74, 6) is 0. The molecule has 0 aromatic heterocycles. The Morgan fingerprint density at radius 2 is 1.88 bits per heavy atom. The maximum absolute atomic E-state index is 3.66. The van der Waals surface area contributed by atoms with E-state index in [1.807, 2.05) is 0 Å². The van der Waals surface area contributed by atoms with E-state index >= 15 is 0 Å². The van der Waals surface area contributed by atoms with Gasteiger partial charge in [-0.25, -0.2) is 0 Å². The molecule has 0 N–H and O–H groups in total. The summed E-state index contributed by atoms with van der Waals surface area (Å²) in [5.41, 5.74) is 2.80. The molecule has 0 aliphatic carbocycles. The van der Waals surface area contributed by atoms with Crippen molar-refractivity contribution in [3.63, 3.8) is 0 Å². The molecule has 0 heterocycles. The molecule has 1 nitrogen and oxygen atoms in total. The van der Waals surface area contributed by atoms with Gasteiger partial charge in [0.2, 0.25) is 0 Å². The Morgan fingerprint density at radius 1 is 1.29 bits per heavy atom. The highest BCUT2D eigenvalue weighted by atomic mass is 79.9. The number of hydrogen-bond acceptors (Lipinski definition) is 1. The van der Waals surface area contributed by atoms with Crippen molar-refractivity contribution in [3.8, 4) is 0 Å². The first-order chi connectivity index (χ1) is 7.77. The zero-order valence-electron chi connectivity index (χ0n) is 11.2. The molecule has 0 saturated heterocycles. The van der Waals surface area contributed by atoms with E-state index in [-0.39, 0.29) is 5.41 Å². The van der Waals surface area contributed by atoms with Crippen molar-refractivity contribution in [1.29, 1.82) is 0 Å². The molecule has 0 radical (unpaired) electrons. The van der Waals surface area contributed by atoms with Crippen molar-refractivity contribution in [3.05, 3.63) is 28.2 Å². The summed E-state index contributed by atoms with van der Waals surface area (Å²) < 4.78 is 1.16. The van der Waals surface area contributed by atoms with Crippen LogP contribution in [0.4, 0.5) is 5.69 Å². The van der Waals surface area contributed by atoms with Crippen LogP contribution >= 0.6 is 31.9 Å². The second-order valence-corrected chi connectivity index (χ2v) is 6.99. The van der Waals surface area contributed by atoms with Crippen LogP contribution in [-0.2, 0) is 5.33 Å². The monoisotopic (exact) mass is 361 g/mol. The van der Waals surface area contributed by atoms with Crippen molar-refractivity contribution in [2.45, 2.75) is 39.1 Å². The van der Waals surface area contributed by atoms with E-state index < -0.39 is 0 Å². The van der Waals surface area contributed by atoms with Crippen molar-refractivity contribution < 1.29 is 0 Å². The van der Waals surface area contributed by atoms with Gasteiger partial charge in [-0.3, -0.25) is 0 Å². The molecule has 17 heavy (non-hydrogen) atoms. The lowest BCUT2D eigenvalue weighted by atomic mass is 9.87. The van der Waals surface area contributed by atoms with E-state index in [1.165, 1.54) is 11.3 Å². The van der Waals surface area contributed by atoms with Crippen LogP contribution in [0.25, 0.3) is 0 Å². The maximum atomic E-state index is 3.66. The summed E-state index contributed by atoms with van der Waals surface area (Å²) in [6.07, 6.45) is 0. The highest BCUT2D eigenvalue weighted by Crippen LogP contribution is 2.33. The fourth-order valence-electron chi connectivity index (χ4n) is 1.71. The number of hydrogen-bond donors (Lipinski definition) is 0. The average molecular weight is 363 g/mol. The standard InChI is InChI=1S/C14H21Br2N/c1-10(14(2,3)4)17(5)13-7-6-11(9-15)8-12(13)16/h6-8,10H,9H2,1-5H3. The van der Waals surface area contributed by atoms with Gasteiger partial charge in [-0.15, -0.1) is 0 Å². The number of alkyl halides is 1.